The van der Waals surface area contributed by atoms with Crippen molar-refractivity contribution >= 4 is 40.9 Å². The van der Waals surface area contributed by atoms with Gasteiger partial charge in [-0.1, -0.05) is 23.7 Å². The fourth-order valence-corrected chi connectivity index (χ4v) is 2.98. The first kappa shape index (κ1) is 20.1. The Balaban J connectivity index is 1.69. The van der Waals surface area contributed by atoms with E-state index in [1.807, 2.05) is 19.1 Å². The third kappa shape index (κ3) is 6.61. The number of methoxy groups -OCH3 is 1. The van der Waals surface area contributed by atoms with Crippen LogP contribution in [0.4, 0.5) is 5.69 Å². The van der Waals surface area contributed by atoms with Gasteiger partial charge in [0.1, 0.15) is 5.75 Å². The maximum atomic E-state index is 12.0. The lowest BCUT2D eigenvalue weighted by Crippen LogP contribution is -2.28. The number of amides is 2. The van der Waals surface area contributed by atoms with Gasteiger partial charge in [-0.05, 0) is 48.9 Å². The molecule has 138 valence electrons. The zero-order valence-electron chi connectivity index (χ0n) is 14.6. The molecular weight excluding hydrogens is 372 g/mol. The van der Waals surface area contributed by atoms with Gasteiger partial charge in [0.2, 0.25) is 11.8 Å². The van der Waals surface area contributed by atoms with Crippen LogP contribution in [0.15, 0.2) is 48.5 Å². The zero-order valence-corrected chi connectivity index (χ0v) is 16.2. The molecular formula is C19H21ClN2O3S. The van der Waals surface area contributed by atoms with E-state index in [1.54, 1.807) is 43.5 Å². The molecule has 2 N–H and O–H groups in total. The van der Waals surface area contributed by atoms with Crippen molar-refractivity contribution < 1.29 is 14.3 Å². The zero-order chi connectivity index (χ0) is 18.9. The van der Waals surface area contributed by atoms with E-state index in [0.29, 0.717) is 10.7 Å². The number of nitrogens with one attached hydrogen (secondary N) is 2. The summed E-state index contributed by atoms with van der Waals surface area (Å²) in [6.07, 6.45) is 0. The third-order valence-electron chi connectivity index (χ3n) is 3.59. The number of halogens is 1. The van der Waals surface area contributed by atoms with Crippen molar-refractivity contribution in [3.63, 3.8) is 0 Å². The molecule has 0 aliphatic heterocycles. The molecule has 7 heteroatoms. The lowest BCUT2D eigenvalue weighted by atomic mass is 10.1. The molecule has 0 radical (unpaired) electrons. The Morgan fingerprint density at radius 3 is 2.27 bits per heavy atom. The van der Waals surface area contributed by atoms with E-state index in [1.165, 1.54) is 11.8 Å². The number of anilines is 1. The smallest absolute Gasteiger partial charge is 0.234 e. The summed E-state index contributed by atoms with van der Waals surface area (Å²) in [6.45, 7) is 1.90. The number of hydrogen-bond donors (Lipinski definition) is 2. The third-order valence-corrected chi connectivity index (χ3v) is 4.77. The Kier molecular flexibility index (Phi) is 7.81. The van der Waals surface area contributed by atoms with E-state index in [-0.39, 0.29) is 29.4 Å². The normalized spacial score (nSPS) is 11.5. The number of carbonyl (C=O) groups excluding carboxylic acids is 2. The number of carbonyl (C=O) groups is 2. The first-order valence-electron chi connectivity index (χ1n) is 8.04. The summed E-state index contributed by atoms with van der Waals surface area (Å²) in [5.41, 5.74) is 1.67. The van der Waals surface area contributed by atoms with Gasteiger partial charge in [0.05, 0.1) is 24.7 Å². The number of thioether (sulfide) groups is 1. The number of ether oxygens (including phenoxy) is 1. The first-order chi connectivity index (χ1) is 12.5. The summed E-state index contributed by atoms with van der Waals surface area (Å²) < 4.78 is 5.07. The molecule has 1 atom stereocenters. The summed E-state index contributed by atoms with van der Waals surface area (Å²) in [7, 11) is 1.59. The Morgan fingerprint density at radius 2 is 1.65 bits per heavy atom. The largest absolute Gasteiger partial charge is 0.497 e. The van der Waals surface area contributed by atoms with Crippen molar-refractivity contribution in [1.29, 1.82) is 0 Å². The Morgan fingerprint density at radius 1 is 1.04 bits per heavy atom. The molecule has 26 heavy (non-hydrogen) atoms. The van der Waals surface area contributed by atoms with Gasteiger partial charge >= 0.3 is 0 Å². The molecule has 0 saturated carbocycles. The predicted molar refractivity (Wildman–Crippen MR) is 107 cm³/mol. The van der Waals surface area contributed by atoms with Gasteiger partial charge in [-0.15, -0.1) is 11.8 Å². The van der Waals surface area contributed by atoms with Crippen molar-refractivity contribution in [3.8, 4) is 5.75 Å². The van der Waals surface area contributed by atoms with E-state index < -0.39 is 0 Å². The first-order valence-corrected chi connectivity index (χ1v) is 9.57. The Labute approximate surface area is 162 Å². The van der Waals surface area contributed by atoms with Crippen LogP contribution >= 0.6 is 23.4 Å². The lowest BCUT2D eigenvalue weighted by molar-refractivity contribution is -0.119. The van der Waals surface area contributed by atoms with Crippen LogP contribution in [-0.4, -0.2) is 30.4 Å². The SMILES string of the molecule is COc1ccc(NC(=O)CSCC(=O)NC(C)c2ccc(Cl)cc2)cc1. The standard InChI is InChI=1S/C19H21ClN2O3S/c1-13(14-3-5-15(20)6-4-14)21-18(23)11-26-12-19(24)22-16-7-9-17(25-2)10-8-16/h3-10,13H,11-12H2,1-2H3,(H,21,23)(H,22,24). The highest BCUT2D eigenvalue weighted by molar-refractivity contribution is 8.00. The van der Waals surface area contributed by atoms with Crippen molar-refractivity contribution in [2.75, 3.05) is 23.9 Å². The van der Waals surface area contributed by atoms with E-state index in [2.05, 4.69) is 10.6 Å². The average molecular weight is 393 g/mol. The quantitative estimate of drug-likeness (QED) is 0.715. The molecule has 2 amide bonds. The topological polar surface area (TPSA) is 67.4 Å². The summed E-state index contributed by atoms with van der Waals surface area (Å²) >= 11 is 7.12. The van der Waals surface area contributed by atoms with Crippen LogP contribution in [0.2, 0.25) is 5.02 Å². The lowest BCUT2D eigenvalue weighted by Gasteiger charge is -2.14. The number of rotatable bonds is 8. The molecule has 5 nitrogen and oxygen atoms in total. The summed E-state index contributed by atoms with van der Waals surface area (Å²) in [4.78, 5) is 23.9. The fourth-order valence-electron chi connectivity index (χ4n) is 2.23. The van der Waals surface area contributed by atoms with E-state index in [4.69, 9.17) is 16.3 Å². The highest BCUT2D eigenvalue weighted by atomic mass is 35.5. The van der Waals surface area contributed by atoms with Gasteiger partial charge in [-0.25, -0.2) is 0 Å². The second-order valence-electron chi connectivity index (χ2n) is 5.61. The van der Waals surface area contributed by atoms with E-state index in [9.17, 15) is 9.59 Å². The monoisotopic (exact) mass is 392 g/mol. The van der Waals surface area contributed by atoms with Crippen LogP contribution < -0.4 is 15.4 Å². The molecule has 2 rings (SSSR count). The van der Waals surface area contributed by atoms with Crippen molar-refractivity contribution in [3.05, 3.63) is 59.1 Å². The van der Waals surface area contributed by atoms with Gasteiger partial charge in [-0.2, -0.15) is 0 Å². The van der Waals surface area contributed by atoms with E-state index >= 15 is 0 Å². The number of benzene rings is 2. The molecule has 0 saturated heterocycles. The Hall–Kier alpha value is -2.18. The van der Waals surface area contributed by atoms with Crippen LogP contribution in [0.1, 0.15) is 18.5 Å². The predicted octanol–water partition coefficient (Wildman–Crippen LogP) is 3.90. The molecule has 0 spiro atoms. The van der Waals surface area contributed by atoms with Crippen LogP contribution in [0, 0.1) is 0 Å². The average Bonchev–Trinajstić information content (AvgIpc) is 2.62. The molecule has 2 aromatic carbocycles. The number of hydrogen-bond acceptors (Lipinski definition) is 4. The molecule has 1 unspecified atom stereocenters. The molecule has 0 aliphatic rings. The van der Waals surface area contributed by atoms with Crippen LogP contribution in [0.25, 0.3) is 0 Å². The molecule has 0 fully saturated rings. The van der Waals surface area contributed by atoms with Crippen LogP contribution in [0.3, 0.4) is 0 Å². The van der Waals surface area contributed by atoms with Crippen LogP contribution in [-0.2, 0) is 9.59 Å². The maximum Gasteiger partial charge on any atom is 0.234 e. The minimum Gasteiger partial charge on any atom is -0.497 e. The summed E-state index contributed by atoms with van der Waals surface area (Å²) in [5, 5.41) is 6.34. The minimum atomic E-state index is -0.154. The van der Waals surface area contributed by atoms with Gasteiger partial charge in [-0.3, -0.25) is 9.59 Å². The van der Waals surface area contributed by atoms with E-state index in [0.717, 1.165) is 11.3 Å². The van der Waals surface area contributed by atoms with Crippen molar-refractivity contribution in [2.45, 2.75) is 13.0 Å². The van der Waals surface area contributed by atoms with Gasteiger partial charge in [0.25, 0.3) is 0 Å². The van der Waals surface area contributed by atoms with Crippen molar-refractivity contribution in [2.24, 2.45) is 0 Å². The maximum absolute atomic E-state index is 12.0. The molecule has 0 bridgehead atoms. The van der Waals surface area contributed by atoms with Gasteiger partial charge in [0.15, 0.2) is 0 Å². The minimum absolute atomic E-state index is 0.116. The summed E-state index contributed by atoms with van der Waals surface area (Å²) in [5.74, 6) is 0.875. The highest BCUT2D eigenvalue weighted by Gasteiger charge is 2.11. The van der Waals surface area contributed by atoms with Crippen molar-refractivity contribution in [1.82, 2.24) is 5.32 Å². The molecule has 0 heterocycles. The van der Waals surface area contributed by atoms with Gasteiger partial charge in [0, 0.05) is 10.7 Å². The highest BCUT2D eigenvalue weighted by Crippen LogP contribution is 2.17. The van der Waals surface area contributed by atoms with Crippen LogP contribution in [0.5, 0.6) is 5.75 Å². The molecule has 2 aromatic rings. The fraction of sp³-hybridized carbons (Fsp3) is 0.263. The van der Waals surface area contributed by atoms with Gasteiger partial charge < -0.3 is 15.4 Å². The summed E-state index contributed by atoms with van der Waals surface area (Å²) in [6, 6.07) is 14.3. The molecule has 0 aliphatic carbocycles. The second kappa shape index (κ2) is 10.1. The second-order valence-corrected chi connectivity index (χ2v) is 7.03. The Bertz CT molecular complexity index is 735. The molecule has 0 aromatic heterocycles.